The highest BCUT2D eigenvalue weighted by Crippen LogP contribution is 2.41. The number of rotatable bonds is 9. The van der Waals surface area contributed by atoms with Gasteiger partial charge in [0, 0.05) is 44.3 Å². The molecule has 9 nitrogen and oxygen atoms in total. The molecule has 4 heterocycles. The van der Waals surface area contributed by atoms with Crippen LogP contribution in [0.1, 0.15) is 48.8 Å². The molecule has 0 amide bonds. The fourth-order valence-corrected chi connectivity index (χ4v) is 9.32. The summed E-state index contributed by atoms with van der Waals surface area (Å²) < 4.78 is 40.9. The summed E-state index contributed by atoms with van der Waals surface area (Å²) in [6.07, 6.45) is 6.62. The Balaban J connectivity index is 1.10. The smallest absolute Gasteiger partial charge is 0.318 e. The molecule has 3 aliphatic rings. The third kappa shape index (κ3) is 6.37. The van der Waals surface area contributed by atoms with Gasteiger partial charge < -0.3 is 14.4 Å². The van der Waals surface area contributed by atoms with Crippen LogP contribution in [0.3, 0.4) is 0 Å². The van der Waals surface area contributed by atoms with Crippen LogP contribution < -0.4 is 14.4 Å². The average molecular weight is 606 g/mol. The number of benzene rings is 2. The summed E-state index contributed by atoms with van der Waals surface area (Å²) >= 11 is 0. The van der Waals surface area contributed by atoms with E-state index in [0.717, 1.165) is 64.2 Å². The first kappa shape index (κ1) is 29.8. The van der Waals surface area contributed by atoms with Gasteiger partial charge in [-0.15, -0.1) is 0 Å². The number of piperidine rings is 1. The molecule has 0 N–H and O–H groups in total. The first-order chi connectivity index (χ1) is 20.8. The van der Waals surface area contributed by atoms with Crippen molar-refractivity contribution in [2.24, 2.45) is 5.41 Å². The molecule has 2 unspecified atom stereocenters. The lowest BCUT2D eigenvalue weighted by Crippen LogP contribution is -2.47. The second-order valence-electron chi connectivity index (χ2n) is 12.5. The van der Waals surface area contributed by atoms with Crippen LogP contribution >= 0.6 is 0 Å². The maximum absolute atomic E-state index is 13.9. The van der Waals surface area contributed by atoms with E-state index in [1.807, 2.05) is 19.9 Å². The Morgan fingerprint density at radius 1 is 0.977 bits per heavy atom. The zero-order valence-corrected chi connectivity index (χ0v) is 26.4. The molecule has 6 rings (SSSR count). The number of ether oxygens (including phenoxy) is 2. The summed E-state index contributed by atoms with van der Waals surface area (Å²) in [5.41, 5.74) is 3.03. The predicted molar refractivity (Wildman–Crippen MR) is 167 cm³/mol. The zero-order chi connectivity index (χ0) is 30.0. The Bertz CT molecular complexity index is 1510. The minimum absolute atomic E-state index is 0.218. The van der Waals surface area contributed by atoms with Crippen LogP contribution in [0.2, 0.25) is 0 Å². The molecule has 10 heteroatoms. The number of sulfonamides is 1. The van der Waals surface area contributed by atoms with Gasteiger partial charge in [0.25, 0.3) is 0 Å². The minimum atomic E-state index is -3.72. The molecule has 3 aliphatic heterocycles. The number of anilines is 1. The summed E-state index contributed by atoms with van der Waals surface area (Å²) in [6, 6.07) is 16.2. The van der Waals surface area contributed by atoms with E-state index in [9.17, 15) is 8.42 Å². The summed E-state index contributed by atoms with van der Waals surface area (Å²) in [4.78, 5) is 14.4. The van der Waals surface area contributed by atoms with Crippen LogP contribution in [-0.4, -0.2) is 80.1 Å². The Morgan fingerprint density at radius 3 is 2.51 bits per heavy atom. The van der Waals surface area contributed by atoms with Crippen molar-refractivity contribution in [3.63, 3.8) is 0 Å². The molecule has 0 saturated carbocycles. The zero-order valence-electron chi connectivity index (χ0n) is 25.5. The highest BCUT2D eigenvalue weighted by atomic mass is 32.2. The Hall–Kier alpha value is -3.21. The van der Waals surface area contributed by atoms with Gasteiger partial charge >= 0.3 is 6.01 Å². The number of likely N-dealkylation sites (tertiary alicyclic amines) is 1. The van der Waals surface area contributed by atoms with Crippen molar-refractivity contribution in [2.75, 3.05) is 51.3 Å². The standard InChI is InChI=1S/C33H43N5O4S/c1-25-19-29(41-3)20-26(2)31(25)43(39,40)38-16-8-7-11-28(38)22-42-32-34-15-12-30(35-32)37-18-14-33(24-37)13-17-36(23-33)21-27-9-5-4-6-10-27/h4-6,9-10,12,15,19-20,28H,7-8,11,13-14,16-18,21-24H2,1-3H3. The van der Waals surface area contributed by atoms with Crippen molar-refractivity contribution in [1.82, 2.24) is 19.2 Å². The van der Waals surface area contributed by atoms with E-state index in [2.05, 4.69) is 45.1 Å². The molecule has 0 bridgehead atoms. The third-order valence-electron chi connectivity index (χ3n) is 9.36. The normalized spacial score (nSPS) is 23.2. The lowest BCUT2D eigenvalue weighted by atomic mass is 9.86. The molecule has 1 spiro atoms. The number of aromatic nitrogens is 2. The quantitative estimate of drug-likeness (QED) is 0.343. The molecule has 43 heavy (non-hydrogen) atoms. The summed E-state index contributed by atoms with van der Waals surface area (Å²) in [6.45, 7) is 9.50. The molecule has 230 valence electrons. The van der Waals surface area contributed by atoms with E-state index in [1.165, 1.54) is 12.0 Å². The van der Waals surface area contributed by atoms with Gasteiger partial charge in [-0.25, -0.2) is 13.4 Å². The van der Waals surface area contributed by atoms with Crippen LogP contribution in [0.4, 0.5) is 5.82 Å². The predicted octanol–water partition coefficient (Wildman–Crippen LogP) is 4.83. The van der Waals surface area contributed by atoms with Crippen LogP contribution in [0.25, 0.3) is 0 Å². The van der Waals surface area contributed by atoms with E-state index in [4.69, 9.17) is 14.5 Å². The van der Waals surface area contributed by atoms with Crippen LogP contribution in [0.15, 0.2) is 59.6 Å². The van der Waals surface area contributed by atoms with Gasteiger partial charge in [-0.3, -0.25) is 4.90 Å². The topological polar surface area (TPSA) is 88.1 Å². The number of aryl methyl sites for hydroxylation is 2. The van der Waals surface area contributed by atoms with Gasteiger partial charge in [0.15, 0.2) is 0 Å². The fourth-order valence-electron chi connectivity index (χ4n) is 7.23. The first-order valence-corrected chi connectivity index (χ1v) is 16.8. The third-order valence-corrected chi connectivity index (χ3v) is 11.6. The SMILES string of the molecule is COc1cc(C)c(S(=O)(=O)N2CCCCC2COc2nccc(N3CCC4(CCN(Cc5ccccc5)C4)C3)n2)c(C)c1. The Morgan fingerprint density at radius 2 is 1.74 bits per heavy atom. The lowest BCUT2D eigenvalue weighted by Gasteiger charge is -2.35. The lowest BCUT2D eigenvalue weighted by molar-refractivity contribution is 0.161. The number of hydrogen-bond acceptors (Lipinski definition) is 8. The summed E-state index contributed by atoms with van der Waals surface area (Å²) in [5.74, 6) is 1.53. The molecular weight excluding hydrogens is 562 g/mol. The molecular formula is C33H43N5O4S. The van der Waals surface area contributed by atoms with E-state index in [0.29, 0.717) is 34.3 Å². The van der Waals surface area contributed by atoms with Crippen molar-refractivity contribution in [3.8, 4) is 11.8 Å². The molecule has 0 radical (unpaired) electrons. The second-order valence-corrected chi connectivity index (χ2v) is 14.3. The van der Waals surface area contributed by atoms with Crippen molar-refractivity contribution in [1.29, 1.82) is 0 Å². The maximum atomic E-state index is 13.9. The minimum Gasteiger partial charge on any atom is -0.497 e. The van der Waals surface area contributed by atoms with E-state index >= 15 is 0 Å². The van der Waals surface area contributed by atoms with Crippen LogP contribution in [-0.2, 0) is 16.6 Å². The molecule has 3 aromatic rings. The Labute approximate surface area is 255 Å². The highest BCUT2D eigenvalue weighted by Gasteiger charge is 2.44. The van der Waals surface area contributed by atoms with Gasteiger partial charge in [0.2, 0.25) is 10.0 Å². The van der Waals surface area contributed by atoms with Crippen molar-refractivity contribution in [3.05, 3.63) is 71.4 Å². The molecule has 3 saturated heterocycles. The van der Waals surface area contributed by atoms with Gasteiger partial charge in [-0.05, 0) is 81.0 Å². The van der Waals surface area contributed by atoms with Gasteiger partial charge in [-0.1, -0.05) is 36.8 Å². The molecule has 2 aromatic carbocycles. The monoisotopic (exact) mass is 605 g/mol. The van der Waals surface area contributed by atoms with Crippen molar-refractivity contribution >= 4 is 15.8 Å². The maximum Gasteiger partial charge on any atom is 0.318 e. The molecule has 3 fully saturated rings. The highest BCUT2D eigenvalue weighted by molar-refractivity contribution is 7.89. The second kappa shape index (κ2) is 12.4. The fraction of sp³-hybridized carbons (Fsp3) is 0.515. The largest absolute Gasteiger partial charge is 0.497 e. The van der Waals surface area contributed by atoms with E-state index < -0.39 is 10.0 Å². The van der Waals surface area contributed by atoms with Gasteiger partial charge in [-0.2, -0.15) is 9.29 Å². The number of methoxy groups -OCH3 is 1. The number of hydrogen-bond donors (Lipinski definition) is 0. The summed E-state index contributed by atoms with van der Waals surface area (Å²) in [5, 5.41) is 0. The number of nitrogens with zero attached hydrogens (tertiary/aromatic N) is 5. The van der Waals surface area contributed by atoms with Gasteiger partial charge in [0.1, 0.15) is 18.2 Å². The van der Waals surface area contributed by atoms with E-state index in [-0.39, 0.29) is 18.1 Å². The van der Waals surface area contributed by atoms with Crippen molar-refractivity contribution < 1.29 is 17.9 Å². The summed E-state index contributed by atoms with van der Waals surface area (Å²) in [7, 11) is -2.12. The van der Waals surface area contributed by atoms with Gasteiger partial charge in [0.05, 0.1) is 18.0 Å². The first-order valence-electron chi connectivity index (χ1n) is 15.4. The van der Waals surface area contributed by atoms with Crippen LogP contribution in [0, 0.1) is 19.3 Å². The van der Waals surface area contributed by atoms with Crippen molar-refractivity contribution in [2.45, 2.75) is 63.4 Å². The average Bonchev–Trinajstić information content (AvgIpc) is 3.61. The molecule has 2 atom stereocenters. The van der Waals surface area contributed by atoms with Crippen LogP contribution in [0.5, 0.6) is 11.8 Å². The molecule has 0 aliphatic carbocycles. The van der Waals surface area contributed by atoms with E-state index in [1.54, 1.807) is 29.7 Å². The Kier molecular flexibility index (Phi) is 8.62. The molecule has 1 aromatic heterocycles.